The predicted octanol–water partition coefficient (Wildman–Crippen LogP) is 1.90. The second-order valence-electron chi connectivity index (χ2n) is 3.14. The first kappa shape index (κ1) is 12.7. The normalized spacial score (nSPS) is 10.2. The van der Waals surface area contributed by atoms with E-state index < -0.39 is 5.97 Å². The van der Waals surface area contributed by atoms with Gasteiger partial charge in [-0.25, -0.2) is 9.10 Å². The standard InChI is InChI=1S/C10H13NO4S/c1-11(2)16-15-9-6-7(10(12)13)4-5-8(9)14-3/h4-6H,1-3H3,(H,12,13). The highest BCUT2D eigenvalue weighted by Crippen LogP contribution is 2.31. The molecule has 0 heterocycles. The molecule has 1 rings (SSSR count). The molecule has 5 nitrogen and oxygen atoms in total. The Morgan fingerprint density at radius 3 is 2.56 bits per heavy atom. The van der Waals surface area contributed by atoms with Crippen molar-refractivity contribution in [2.45, 2.75) is 0 Å². The Morgan fingerprint density at radius 2 is 2.06 bits per heavy atom. The van der Waals surface area contributed by atoms with Crippen molar-refractivity contribution in [1.82, 2.24) is 4.31 Å². The van der Waals surface area contributed by atoms with Crippen molar-refractivity contribution in [1.29, 1.82) is 0 Å². The third-order valence-corrected chi connectivity index (χ3v) is 2.24. The van der Waals surface area contributed by atoms with E-state index in [4.69, 9.17) is 14.0 Å². The summed E-state index contributed by atoms with van der Waals surface area (Å²) >= 11 is 1.09. The number of carboxylic acids is 1. The van der Waals surface area contributed by atoms with Crippen molar-refractivity contribution in [3.05, 3.63) is 23.8 Å². The minimum absolute atomic E-state index is 0.162. The molecule has 0 bridgehead atoms. The van der Waals surface area contributed by atoms with Crippen LogP contribution in [0.5, 0.6) is 11.5 Å². The van der Waals surface area contributed by atoms with Crippen LogP contribution in [0.15, 0.2) is 18.2 Å². The number of rotatable bonds is 5. The summed E-state index contributed by atoms with van der Waals surface area (Å²) < 4.78 is 12.1. The number of benzene rings is 1. The fourth-order valence-electron chi connectivity index (χ4n) is 0.990. The monoisotopic (exact) mass is 243 g/mol. The molecule has 0 fully saturated rings. The zero-order valence-electron chi connectivity index (χ0n) is 9.26. The Hall–Kier alpha value is -1.40. The molecular weight excluding hydrogens is 230 g/mol. The Labute approximate surface area is 98.3 Å². The lowest BCUT2D eigenvalue weighted by Crippen LogP contribution is -2.04. The van der Waals surface area contributed by atoms with Crippen LogP contribution in [-0.4, -0.2) is 36.6 Å². The van der Waals surface area contributed by atoms with Gasteiger partial charge < -0.3 is 14.0 Å². The molecule has 0 saturated heterocycles. The van der Waals surface area contributed by atoms with E-state index in [0.29, 0.717) is 11.5 Å². The van der Waals surface area contributed by atoms with Crippen LogP contribution >= 0.6 is 12.2 Å². The van der Waals surface area contributed by atoms with Gasteiger partial charge in [0.2, 0.25) is 0 Å². The van der Waals surface area contributed by atoms with Gasteiger partial charge in [0, 0.05) is 20.2 Å². The molecule has 0 atom stereocenters. The third-order valence-electron chi connectivity index (χ3n) is 1.69. The highest BCUT2D eigenvalue weighted by Gasteiger charge is 2.11. The molecule has 0 spiro atoms. The summed E-state index contributed by atoms with van der Waals surface area (Å²) in [6.07, 6.45) is 0. The predicted molar refractivity (Wildman–Crippen MR) is 61.9 cm³/mol. The van der Waals surface area contributed by atoms with Crippen LogP contribution in [0.1, 0.15) is 10.4 Å². The van der Waals surface area contributed by atoms with E-state index in [1.807, 2.05) is 14.1 Å². The van der Waals surface area contributed by atoms with Crippen LogP contribution in [0, 0.1) is 0 Å². The first-order valence-corrected chi connectivity index (χ1v) is 5.17. The smallest absolute Gasteiger partial charge is 0.335 e. The van der Waals surface area contributed by atoms with Crippen LogP contribution in [0.3, 0.4) is 0 Å². The molecule has 6 heteroatoms. The molecule has 1 N–H and O–H groups in total. The minimum atomic E-state index is -0.998. The van der Waals surface area contributed by atoms with Crippen molar-refractivity contribution < 1.29 is 18.8 Å². The summed E-state index contributed by atoms with van der Waals surface area (Å²) in [5, 5.41) is 8.84. The molecule has 0 amide bonds. The number of ether oxygens (including phenoxy) is 1. The fraction of sp³-hybridized carbons (Fsp3) is 0.300. The van der Waals surface area contributed by atoms with E-state index in [-0.39, 0.29) is 5.56 Å². The molecule has 16 heavy (non-hydrogen) atoms. The maximum atomic E-state index is 10.8. The Balaban J connectivity index is 2.93. The lowest BCUT2D eigenvalue weighted by Gasteiger charge is -2.12. The van der Waals surface area contributed by atoms with Crippen molar-refractivity contribution in [3.8, 4) is 11.5 Å². The largest absolute Gasteiger partial charge is 0.493 e. The van der Waals surface area contributed by atoms with Gasteiger partial charge in [0.15, 0.2) is 11.5 Å². The van der Waals surface area contributed by atoms with Gasteiger partial charge in [-0.05, 0) is 12.1 Å². The SMILES string of the molecule is COc1ccc(C(=O)O)cc1OSN(C)C. The number of aromatic carboxylic acids is 1. The molecule has 0 unspecified atom stereocenters. The van der Waals surface area contributed by atoms with E-state index >= 15 is 0 Å². The zero-order chi connectivity index (χ0) is 12.1. The van der Waals surface area contributed by atoms with Crippen LogP contribution in [0.2, 0.25) is 0 Å². The number of hydrogen-bond donors (Lipinski definition) is 1. The summed E-state index contributed by atoms with van der Waals surface area (Å²) in [5.74, 6) is -0.109. The molecule has 0 aliphatic heterocycles. The van der Waals surface area contributed by atoms with Gasteiger partial charge in [0.25, 0.3) is 0 Å². The minimum Gasteiger partial charge on any atom is -0.493 e. The molecule has 0 aliphatic carbocycles. The lowest BCUT2D eigenvalue weighted by molar-refractivity contribution is 0.0696. The zero-order valence-corrected chi connectivity index (χ0v) is 10.1. The van der Waals surface area contributed by atoms with Crippen molar-refractivity contribution in [2.24, 2.45) is 0 Å². The van der Waals surface area contributed by atoms with Crippen LogP contribution < -0.4 is 8.92 Å². The summed E-state index contributed by atoms with van der Waals surface area (Å²) in [7, 11) is 5.14. The van der Waals surface area contributed by atoms with E-state index in [2.05, 4.69) is 0 Å². The van der Waals surface area contributed by atoms with Crippen molar-refractivity contribution in [3.63, 3.8) is 0 Å². The molecule has 0 aromatic heterocycles. The van der Waals surface area contributed by atoms with Gasteiger partial charge in [-0.15, -0.1) is 0 Å². The van der Waals surface area contributed by atoms with Gasteiger partial charge in [0.1, 0.15) is 12.2 Å². The lowest BCUT2D eigenvalue weighted by atomic mass is 10.2. The van der Waals surface area contributed by atoms with Gasteiger partial charge in [-0.3, -0.25) is 0 Å². The molecule has 0 aliphatic rings. The first-order chi connectivity index (χ1) is 7.54. The number of methoxy groups -OCH3 is 1. The summed E-state index contributed by atoms with van der Waals surface area (Å²) in [4.78, 5) is 10.8. The van der Waals surface area contributed by atoms with Crippen molar-refractivity contribution >= 4 is 18.2 Å². The Morgan fingerprint density at radius 1 is 1.38 bits per heavy atom. The molecule has 0 radical (unpaired) electrons. The van der Waals surface area contributed by atoms with Gasteiger partial charge >= 0.3 is 5.97 Å². The van der Waals surface area contributed by atoms with E-state index in [9.17, 15) is 4.79 Å². The van der Waals surface area contributed by atoms with Gasteiger partial charge in [0.05, 0.1) is 12.7 Å². The highest BCUT2D eigenvalue weighted by atomic mass is 32.2. The molecule has 0 saturated carbocycles. The van der Waals surface area contributed by atoms with E-state index in [1.54, 1.807) is 10.4 Å². The van der Waals surface area contributed by atoms with E-state index in [0.717, 1.165) is 12.2 Å². The average molecular weight is 243 g/mol. The second kappa shape index (κ2) is 5.62. The maximum Gasteiger partial charge on any atom is 0.335 e. The van der Waals surface area contributed by atoms with Gasteiger partial charge in [-0.1, -0.05) is 0 Å². The fourth-order valence-corrected chi connectivity index (χ4v) is 1.35. The number of hydrogen-bond acceptors (Lipinski definition) is 5. The topological polar surface area (TPSA) is 59.0 Å². The summed E-state index contributed by atoms with van der Waals surface area (Å²) in [5.41, 5.74) is 0.162. The quantitative estimate of drug-likeness (QED) is 0.629. The maximum absolute atomic E-state index is 10.8. The van der Waals surface area contributed by atoms with E-state index in [1.165, 1.54) is 19.2 Å². The molecule has 1 aromatic rings. The number of nitrogens with zero attached hydrogens (tertiary/aromatic N) is 1. The first-order valence-electron chi connectivity index (χ1n) is 4.48. The molecule has 88 valence electrons. The van der Waals surface area contributed by atoms with Crippen LogP contribution in [0.25, 0.3) is 0 Å². The number of carbonyl (C=O) groups is 1. The van der Waals surface area contributed by atoms with Gasteiger partial charge in [-0.2, -0.15) is 0 Å². The number of carboxylic acid groups (broad SMARTS) is 1. The van der Waals surface area contributed by atoms with Crippen LogP contribution in [-0.2, 0) is 0 Å². The van der Waals surface area contributed by atoms with Crippen molar-refractivity contribution in [2.75, 3.05) is 21.2 Å². The average Bonchev–Trinajstić information content (AvgIpc) is 2.25. The Bertz CT molecular complexity index is 381. The molecule has 1 aromatic carbocycles. The van der Waals surface area contributed by atoms with Crippen LogP contribution in [0.4, 0.5) is 0 Å². The Kier molecular flexibility index (Phi) is 4.45. The molecular formula is C10H13NO4S. The third kappa shape index (κ3) is 3.32. The highest BCUT2D eigenvalue weighted by molar-refractivity contribution is 7.92. The summed E-state index contributed by atoms with van der Waals surface area (Å²) in [6.45, 7) is 0. The summed E-state index contributed by atoms with van der Waals surface area (Å²) in [6, 6.07) is 4.46. The second-order valence-corrected chi connectivity index (χ2v) is 4.19.